The number of hydrogen-bond donors (Lipinski definition) is 1. The molecule has 0 aliphatic carbocycles. The van der Waals surface area contributed by atoms with Gasteiger partial charge in [-0.25, -0.2) is 10.2 Å². The average Bonchev–Trinajstić information content (AvgIpc) is 3.03. The number of nitro benzene ring substituents is 1. The minimum atomic E-state index is -0.746. The second kappa shape index (κ2) is 13.6. The Morgan fingerprint density at radius 3 is 2.29 bits per heavy atom. The lowest BCUT2D eigenvalue weighted by atomic mass is 10.2. The number of ether oxygens (including phenoxy) is 4. The lowest BCUT2D eigenvalue weighted by Crippen LogP contribution is -2.40. The highest BCUT2D eigenvalue weighted by Crippen LogP contribution is 2.29. The van der Waals surface area contributed by atoms with Gasteiger partial charge in [-0.05, 0) is 36.8 Å². The number of morpholine rings is 2. The number of hydrogen-bond acceptors (Lipinski definition) is 14. The molecular formula is C27H30N8O7. The van der Waals surface area contributed by atoms with E-state index < -0.39 is 10.9 Å². The summed E-state index contributed by atoms with van der Waals surface area (Å²) in [6.07, 6.45) is 1.56. The van der Waals surface area contributed by atoms with Crippen LogP contribution in [0, 0.1) is 10.1 Å². The largest absolute Gasteiger partial charge is 0.490 e. The topological polar surface area (TPSA) is 167 Å². The van der Waals surface area contributed by atoms with Crippen molar-refractivity contribution in [1.29, 1.82) is 0 Å². The van der Waals surface area contributed by atoms with Gasteiger partial charge in [0.2, 0.25) is 17.8 Å². The summed E-state index contributed by atoms with van der Waals surface area (Å²) in [5.74, 6) is 1.11. The molecule has 2 aromatic carbocycles. The van der Waals surface area contributed by atoms with Crippen LogP contribution in [0.4, 0.5) is 23.5 Å². The highest BCUT2D eigenvalue weighted by molar-refractivity contribution is 5.92. The van der Waals surface area contributed by atoms with Gasteiger partial charge >= 0.3 is 5.97 Å². The van der Waals surface area contributed by atoms with Crippen molar-refractivity contribution in [2.24, 2.45) is 5.10 Å². The van der Waals surface area contributed by atoms with Crippen LogP contribution in [0.15, 0.2) is 47.6 Å². The Balaban J connectivity index is 1.31. The molecule has 0 spiro atoms. The lowest BCUT2D eigenvalue weighted by molar-refractivity contribution is -0.384. The first-order chi connectivity index (χ1) is 20.5. The van der Waals surface area contributed by atoms with E-state index in [1.807, 2.05) is 9.80 Å². The normalized spacial score (nSPS) is 15.5. The standard InChI is InChI=1S/C27H30N8O7/c1-2-41-23-16-19(6-7-22(23)42-24(36)20-4-3-5-21(17-20)35(37)38)18-28-32-25-29-26(33-8-12-39-13-9-33)31-27(30-25)34-10-14-40-15-11-34/h3-7,16-18H,2,8-15H2,1H3,(H,29,30,31,32)/b28-18+. The van der Waals surface area contributed by atoms with E-state index >= 15 is 0 Å². The Kier molecular flexibility index (Phi) is 9.30. The van der Waals surface area contributed by atoms with Crippen LogP contribution in [0.3, 0.4) is 0 Å². The minimum Gasteiger partial charge on any atom is -0.490 e. The molecule has 2 fully saturated rings. The molecule has 2 aliphatic heterocycles. The van der Waals surface area contributed by atoms with Gasteiger partial charge in [0, 0.05) is 38.3 Å². The number of nitrogens with zero attached hydrogens (tertiary/aromatic N) is 7. The fourth-order valence-electron chi connectivity index (χ4n) is 4.24. The SMILES string of the molecule is CCOc1cc(/C=N/Nc2nc(N3CCOCC3)nc(N3CCOCC3)n2)ccc1OC(=O)c1cccc([N+](=O)[O-])c1. The number of esters is 1. The maximum absolute atomic E-state index is 12.7. The molecular weight excluding hydrogens is 548 g/mol. The fourth-order valence-corrected chi connectivity index (χ4v) is 4.24. The van der Waals surface area contributed by atoms with Crippen molar-refractivity contribution in [1.82, 2.24) is 15.0 Å². The molecule has 0 amide bonds. The second-order valence-electron chi connectivity index (χ2n) is 9.16. The molecule has 2 aliphatic rings. The molecule has 15 heteroatoms. The molecule has 0 atom stereocenters. The first-order valence-corrected chi connectivity index (χ1v) is 13.4. The fraction of sp³-hybridized carbons (Fsp3) is 0.370. The van der Waals surface area contributed by atoms with E-state index in [4.69, 9.17) is 18.9 Å². The summed E-state index contributed by atoms with van der Waals surface area (Å²) in [6.45, 7) is 7.20. The van der Waals surface area contributed by atoms with E-state index in [-0.39, 0.29) is 22.9 Å². The van der Waals surface area contributed by atoms with Gasteiger partial charge in [0.25, 0.3) is 5.69 Å². The van der Waals surface area contributed by atoms with Crippen molar-refractivity contribution < 1.29 is 28.7 Å². The van der Waals surface area contributed by atoms with Gasteiger partial charge in [0.1, 0.15) is 0 Å². The van der Waals surface area contributed by atoms with Crippen molar-refractivity contribution >= 4 is 35.7 Å². The Morgan fingerprint density at radius 1 is 1.00 bits per heavy atom. The Morgan fingerprint density at radius 2 is 1.67 bits per heavy atom. The minimum absolute atomic E-state index is 0.0479. The van der Waals surface area contributed by atoms with Gasteiger partial charge in [-0.15, -0.1) is 0 Å². The predicted molar refractivity (Wildman–Crippen MR) is 153 cm³/mol. The zero-order chi connectivity index (χ0) is 29.3. The van der Waals surface area contributed by atoms with Crippen LogP contribution in [0.2, 0.25) is 0 Å². The monoisotopic (exact) mass is 578 g/mol. The molecule has 1 aromatic heterocycles. The Hall–Kier alpha value is -4.89. The average molecular weight is 579 g/mol. The van der Waals surface area contributed by atoms with Gasteiger partial charge in [-0.3, -0.25) is 10.1 Å². The van der Waals surface area contributed by atoms with Gasteiger partial charge in [-0.2, -0.15) is 20.1 Å². The van der Waals surface area contributed by atoms with Crippen LogP contribution in [-0.4, -0.2) is 91.3 Å². The molecule has 5 rings (SSSR count). The molecule has 2 saturated heterocycles. The van der Waals surface area contributed by atoms with E-state index in [0.29, 0.717) is 82.4 Å². The third kappa shape index (κ3) is 7.24. The molecule has 3 heterocycles. The predicted octanol–water partition coefficient (Wildman–Crippen LogP) is 2.52. The summed E-state index contributed by atoms with van der Waals surface area (Å²) in [4.78, 5) is 41.1. The van der Waals surface area contributed by atoms with Crippen LogP contribution in [0.1, 0.15) is 22.8 Å². The van der Waals surface area contributed by atoms with E-state index in [9.17, 15) is 14.9 Å². The number of anilines is 3. The number of nitrogens with one attached hydrogen (secondary N) is 1. The van der Waals surface area contributed by atoms with Crippen molar-refractivity contribution in [3.8, 4) is 11.5 Å². The summed E-state index contributed by atoms with van der Waals surface area (Å²) in [6, 6.07) is 10.2. The van der Waals surface area contributed by atoms with Gasteiger partial charge < -0.3 is 28.7 Å². The van der Waals surface area contributed by atoms with E-state index in [0.717, 1.165) is 6.07 Å². The number of carbonyl (C=O) groups excluding carboxylic acids is 1. The molecule has 15 nitrogen and oxygen atoms in total. The van der Waals surface area contributed by atoms with E-state index in [2.05, 4.69) is 25.5 Å². The number of hydrazone groups is 1. The molecule has 220 valence electrons. The second-order valence-corrected chi connectivity index (χ2v) is 9.16. The number of benzene rings is 2. The Bertz CT molecular complexity index is 1410. The van der Waals surface area contributed by atoms with E-state index in [1.165, 1.54) is 18.2 Å². The molecule has 0 saturated carbocycles. The zero-order valence-corrected chi connectivity index (χ0v) is 23.0. The number of carbonyl (C=O) groups is 1. The molecule has 0 bridgehead atoms. The molecule has 42 heavy (non-hydrogen) atoms. The van der Waals surface area contributed by atoms with Gasteiger partial charge in [0.15, 0.2) is 11.5 Å². The summed E-state index contributed by atoms with van der Waals surface area (Å²) < 4.78 is 22.1. The first kappa shape index (κ1) is 28.6. The molecule has 0 unspecified atom stereocenters. The first-order valence-electron chi connectivity index (χ1n) is 13.4. The molecule has 3 aromatic rings. The van der Waals surface area contributed by atoms with Crippen molar-refractivity contribution in [2.75, 3.05) is 74.4 Å². The number of rotatable bonds is 10. The molecule has 0 radical (unpaired) electrons. The third-order valence-corrected chi connectivity index (χ3v) is 6.34. The van der Waals surface area contributed by atoms with Crippen LogP contribution in [-0.2, 0) is 9.47 Å². The summed E-state index contributed by atoms with van der Waals surface area (Å²) >= 11 is 0. The third-order valence-electron chi connectivity index (χ3n) is 6.34. The van der Waals surface area contributed by atoms with Gasteiger partial charge in [0.05, 0.1) is 49.7 Å². The smallest absolute Gasteiger partial charge is 0.343 e. The summed E-state index contributed by atoms with van der Waals surface area (Å²) in [7, 11) is 0. The van der Waals surface area contributed by atoms with Crippen LogP contribution >= 0.6 is 0 Å². The van der Waals surface area contributed by atoms with Crippen LogP contribution < -0.4 is 24.7 Å². The number of non-ortho nitro benzene ring substituents is 1. The highest BCUT2D eigenvalue weighted by atomic mass is 16.6. The zero-order valence-electron chi connectivity index (χ0n) is 23.0. The van der Waals surface area contributed by atoms with Crippen LogP contribution in [0.25, 0.3) is 0 Å². The van der Waals surface area contributed by atoms with E-state index in [1.54, 1.807) is 31.3 Å². The quantitative estimate of drug-likeness (QED) is 0.123. The van der Waals surface area contributed by atoms with Crippen molar-refractivity contribution in [3.05, 3.63) is 63.7 Å². The summed E-state index contributed by atoms with van der Waals surface area (Å²) in [5.41, 5.74) is 3.39. The molecule has 1 N–H and O–H groups in total. The maximum Gasteiger partial charge on any atom is 0.343 e. The van der Waals surface area contributed by atoms with Crippen LogP contribution in [0.5, 0.6) is 11.5 Å². The van der Waals surface area contributed by atoms with Crippen molar-refractivity contribution in [3.63, 3.8) is 0 Å². The number of nitro groups is 1. The van der Waals surface area contributed by atoms with Crippen molar-refractivity contribution in [2.45, 2.75) is 6.92 Å². The van der Waals surface area contributed by atoms with Gasteiger partial charge in [-0.1, -0.05) is 6.07 Å². The maximum atomic E-state index is 12.7. The summed E-state index contributed by atoms with van der Waals surface area (Å²) in [5, 5.41) is 15.4. The highest BCUT2D eigenvalue weighted by Gasteiger charge is 2.21. The number of aromatic nitrogens is 3. The Labute approximate surface area is 241 Å². The lowest BCUT2D eigenvalue weighted by Gasteiger charge is -2.30.